The van der Waals surface area contributed by atoms with Gasteiger partial charge in [-0.25, -0.2) is 0 Å². The van der Waals surface area contributed by atoms with Crippen LogP contribution in [0.4, 0.5) is 0 Å². The summed E-state index contributed by atoms with van der Waals surface area (Å²) in [6.45, 7) is 22.9. The van der Waals surface area contributed by atoms with Crippen LogP contribution in [0.2, 0.25) is 0 Å². The number of hydrogen-bond donors (Lipinski definition) is 7. The molecule has 0 aromatic rings. The molecule has 6 saturated heterocycles. The third-order valence-corrected chi connectivity index (χ3v) is 17.3. The van der Waals surface area contributed by atoms with Gasteiger partial charge in [0.1, 0.15) is 11.7 Å². The molecule has 6 aliphatic rings. The first kappa shape index (κ1) is 50.4. The van der Waals surface area contributed by atoms with Crippen molar-refractivity contribution in [2.45, 2.75) is 249 Å². The summed E-state index contributed by atoms with van der Waals surface area (Å²) in [5.74, 6) is -8.34. The zero-order chi connectivity index (χ0) is 46.1. The second-order valence-corrected chi connectivity index (χ2v) is 22.3. The van der Waals surface area contributed by atoms with Crippen LogP contribution in [0.3, 0.4) is 0 Å². The monoisotopic (exact) mass is 885 g/mol. The van der Waals surface area contributed by atoms with E-state index in [0.29, 0.717) is 64.2 Å². The lowest BCUT2D eigenvalue weighted by molar-refractivity contribution is -0.373. The van der Waals surface area contributed by atoms with Crippen molar-refractivity contribution in [3.05, 3.63) is 0 Å². The van der Waals surface area contributed by atoms with Gasteiger partial charge in [-0.1, -0.05) is 55.4 Å². The van der Waals surface area contributed by atoms with Gasteiger partial charge in [-0.3, -0.25) is 4.79 Å². The highest BCUT2D eigenvalue weighted by Gasteiger charge is 2.67. The van der Waals surface area contributed by atoms with Gasteiger partial charge >= 0.3 is 5.97 Å². The Balaban J connectivity index is 1.10. The first-order chi connectivity index (χ1) is 28.6. The molecule has 0 amide bonds. The maximum absolute atomic E-state index is 12.4. The molecule has 14 heteroatoms. The van der Waals surface area contributed by atoms with Crippen LogP contribution in [0.15, 0.2) is 0 Å². The second kappa shape index (κ2) is 18.2. The van der Waals surface area contributed by atoms with Crippen molar-refractivity contribution in [3.63, 3.8) is 0 Å². The SMILES string of the molecule is CC[C@@H]1O[C@@H]([C@]2(C)C[C@@H](C)[C@](O)([C@]3(C)CC[C@@H]([C@@H](O)[C@]4(O)O[C@H](C[C@@]5(O)O[C@@H]([C@@H](C)[C@H](O)C[C@@H]6O[C@H]([C@@H](C)C(=O)O)[C@@H](C)C[C@H]6C)CC[C@@H]5C)[C@@H](C)C[C@H]4C)O3)O2)CC[C@@]1(C)O. The molecule has 7 N–H and O–H groups in total. The van der Waals surface area contributed by atoms with Crippen LogP contribution >= 0.6 is 0 Å². The Morgan fingerprint density at radius 2 is 1.40 bits per heavy atom. The van der Waals surface area contributed by atoms with Gasteiger partial charge in [-0.05, 0) is 110 Å². The van der Waals surface area contributed by atoms with E-state index in [1.54, 1.807) is 20.8 Å². The van der Waals surface area contributed by atoms with E-state index >= 15 is 0 Å². The minimum absolute atomic E-state index is 0.0380. The Hall–Kier alpha value is -1.01. The number of aliphatic hydroxyl groups is 6. The summed E-state index contributed by atoms with van der Waals surface area (Å²) >= 11 is 0. The molecule has 6 rings (SSSR count). The van der Waals surface area contributed by atoms with E-state index in [1.165, 1.54) is 0 Å². The van der Waals surface area contributed by atoms with Crippen LogP contribution in [0.5, 0.6) is 0 Å². The lowest BCUT2D eigenvalue weighted by Gasteiger charge is -2.52. The van der Waals surface area contributed by atoms with Crippen molar-refractivity contribution in [3.8, 4) is 0 Å². The molecule has 0 aliphatic carbocycles. The van der Waals surface area contributed by atoms with E-state index in [2.05, 4.69) is 6.92 Å². The average molecular weight is 885 g/mol. The molecule has 14 nitrogen and oxygen atoms in total. The topological polar surface area (TPSA) is 214 Å². The van der Waals surface area contributed by atoms with Crippen molar-refractivity contribution in [1.82, 2.24) is 0 Å². The lowest BCUT2D eigenvalue weighted by Crippen LogP contribution is -2.63. The lowest BCUT2D eigenvalue weighted by atomic mass is 9.75. The first-order valence-electron chi connectivity index (χ1n) is 24.2. The summed E-state index contributed by atoms with van der Waals surface area (Å²) in [4.78, 5) is 11.8. The molecule has 6 fully saturated rings. The molecule has 6 aliphatic heterocycles. The Kier molecular flexibility index (Phi) is 14.8. The minimum Gasteiger partial charge on any atom is -0.481 e. The van der Waals surface area contributed by atoms with E-state index in [9.17, 15) is 40.5 Å². The molecule has 360 valence electrons. The fourth-order valence-corrected chi connectivity index (χ4v) is 12.7. The summed E-state index contributed by atoms with van der Waals surface area (Å²) in [7, 11) is 0. The molecule has 23 atom stereocenters. The number of carboxylic acid groups (broad SMARTS) is 1. The van der Waals surface area contributed by atoms with Crippen molar-refractivity contribution in [1.29, 1.82) is 0 Å². The van der Waals surface area contributed by atoms with Gasteiger partial charge in [0, 0.05) is 36.5 Å². The van der Waals surface area contributed by atoms with Gasteiger partial charge in [-0.2, -0.15) is 0 Å². The van der Waals surface area contributed by atoms with E-state index < -0.39 is 88.6 Å². The maximum atomic E-state index is 12.4. The Morgan fingerprint density at radius 1 is 0.742 bits per heavy atom. The summed E-state index contributed by atoms with van der Waals surface area (Å²) in [6, 6.07) is 0. The molecule has 0 bridgehead atoms. The highest BCUT2D eigenvalue weighted by Crippen LogP contribution is 2.56. The zero-order valence-corrected chi connectivity index (χ0v) is 39.8. The Morgan fingerprint density at radius 3 is 2.05 bits per heavy atom. The molecule has 0 aromatic heterocycles. The van der Waals surface area contributed by atoms with Crippen molar-refractivity contribution in [2.24, 2.45) is 47.3 Å². The molecular weight excluding hydrogens is 801 g/mol. The average Bonchev–Trinajstić information content (AvgIpc) is 3.72. The molecule has 0 saturated carbocycles. The summed E-state index contributed by atoms with van der Waals surface area (Å²) < 4.78 is 39.2. The normalized spacial score (nSPS) is 52.3. The van der Waals surface area contributed by atoms with Crippen molar-refractivity contribution >= 4 is 5.97 Å². The van der Waals surface area contributed by atoms with Gasteiger partial charge in [0.25, 0.3) is 0 Å². The molecule has 6 heterocycles. The Bertz CT molecular complexity index is 1550. The first-order valence-corrected chi connectivity index (χ1v) is 24.2. The number of rotatable bonds is 13. The third-order valence-electron chi connectivity index (χ3n) is 17.3. The predicted octanol–water partition coefficient (Wildman–Crippen LogP) is 5.68. The predicted molar refractivity (Wildman–Crippen MR) is 229 cm³/mol. The van der Waals surface area contributed by atoms with Crippen LogP contribution < -0.4 is 0 Å². The van der Waals surface area contributed by atoms with E-state index in [-0.39, 0.29) is 60.2 Å². The maximum Gasteiger partial charge on any atom is 0.308 e. The number of ether oxygens (including phenoxy) is 6. The van der Waals surface area contributed by atoms with E-state index in [1.807, 2.05) is 55.4 Å². The second-order valence-electron chi connectivity index (χ2n) is 22.3. The molecular formula is C48H84O14. The van der Waals surface area contributed by atoms with Gasteiger partial charge in [-0.15, -0.1) is 0 Å². The highest BCUT2D eigenvalue weighted by molar-refractivity contribution is 5.70. The van der Waals surface area contributed by atoms with Gasteiger partial charge in [0.15, 0.2) is 17.4 Å². The fraction of sp³-hybridized carbons (Fsp3) is 0.979. The van der Waals surface area contributed by atoms with Gasteiger partial charge < -0.3 is 64.2 Å². The highest BCUT2D eigenvalue weighted by atomic mass is 16.7. The molecule has 0 radical (unpaired) electrons. The van der Waals surface area contributed by atoms with Crippen LogP contribution in [0.25, 0.3) is 0 Å². The van der Waals surface area contributed by atoms with Crippen molar-refractivity contribution < 1.29 is 69.0 Å². The number of aliphatic carboxylic acids is 1. The van der Waals surface area contributed by atoms with Crippen LogP contribution in [0, 0.1) is 47.3 Å². The quantitative estimate of drug-likeness (QED) is 0.119. The number of carboxylic acids is 1. The standard InChI is InChI=1S/C48H84O14/c1-13-38-43(10,53)18-17-39(58-38)44(11)23-30(7)48(56,62-44)45(12)19-16-35(59-45)41(50)47(55)29(6)21-26(3)37(61-47)24-46(54)28(5)14-15-34(60-46)31(8)33(49)22-36-25(2)20-27(4)40(57-36)32(9)42(51)52/h25-41,49-50,53-56H,13-24H2,1-12H3,(H,51,52)/t25-,26+,27+,28+,29-,30-,31+,32-,33-,34-,35+,36+,37-,38+,39-,40+,41-,43-,44+,45+,46-,47-,48-/m1/s1. The molecule has 0 unspecified atom stereocenters. The van der Waals surface area contributed by atoms with Crippen LogP contribution in [-0.2, 0) is 33.2 Å². The van der Waals surface area contributed by atoms with E-state index in [0.717, 1.165) is 6.42 Å². The van der Waals surface area contributed by atoms with Crippen molar-refractivity contribution in [2.75, 3.05) is 0 Å². The Labute approximate surface area is 370 Å². The van der Waals surface area contributed by atoms with E-state index in [4.69, 9.17) is 28.4 Å². The van der Waals surface area contributed by atoms with Crippen LogP contribution in [0.1, 0.15) is 160 Å². The minimum atomic E-state index is -2.03. The zero-order valence-electron chi connectivity index (χ0n) is 39.8. The number of hydrogen-bond acceptors (Lipinski definition) is 13. The fourth-order valence-electron chi connectivity index (χ4n) is 12.7. The molecule has 0 spiro atoms. The molecule has 0 aromatic carbocycles. The third kappa shape index (κ3) is 9.31. The summed E-state index contributed by atoms with van der Waals surface area (Å²) in [6.07, 6.45) is 0.0772. The van der Waals surface area contributed by atoms with Gasteiger partial charge in [0.2, 0.25) is 0 Å². The van der Waals surface area contributed by atoms with Gasteiger partial charge in [0.05, 0.1) is 66.0 Å². The summed E-state index contributed by atoms with van der Waals surface area (Å²) in [5, 5.41) is 81.2. The number of carbonyl (C=O) groups is 1. The number of aliphatic hydroxyl groups excluding tert-OH is 2. The summed E-state index contributed by atoms with van der Waals surface area (Å²) in [5.41, 5.74) is -3.01. The largest absolute Gasteiger partial charge is 0.481 e. The van der Waals surface area contributed by atoms with Crippen LogP contribution in [-0.4, -0.2) is 131 Å². The molecule has 62 heavy (non-hydrogen) atoms. The smallest absolute Gasteiger partial charge is 0.308 e.